The maximum absolute atomic E-state index is 13.2. The van der Waals surface area contributed by atoms with Gasteiger partial charge in [0.05, 0.1) is 5.56 Å². The Morgan fingerprint density at radius 2 is 2.21 bits per heavy atom. The maximum Gasteiger partial charge on any atom is 0.150 e. The second-order valence-corrected chi connectivity index (χ2v) is 3.40. The molecule has 0 heterocycles. The molecule has 0 aliphatic heterocycles. The summed E-state index contributed by atoms with van der Waals surface area (Å²) in [5.74, 6) is 5.81. The molecule has 0 aromatic heterocycles. The van der Waals surface area contributed by atoms with Gasteiger partial charge < -0.3 is 0 Å². The van der Waals surface area contributed by atoms with Crippen molar-refractivity contribution >= 4 is 6.29 Å². The highest BCUT2D eigenvalue weighted by atomic mass is 19.1. The molecule has 1 aromatic carbocycles. The van der Waals surface area contributed by atoms with Gasteiger partial charge in [0.15, 0.2) is 0 Å². The van der Waals surface area contributed by atoms with Gasteiger partial charge in [-0.1, -0.05) is 11.8 Å². The van der Waals surface area contributed by atoms with Crippen LogP contribution < -0.4 is 0 Å². The van der Waals surface area contributed by atoms with Crippen LogP contribution in [-0.4, -0.2) is 6.29 Å². The predicted octanol–water partition coefficient (Wildman–Crippen LogP) is 2.40. The van der Waals surface area contributed by atoms with E-state index in [1.165, 1.54) is 18.2 Å². The normalized spacial score (nSPS) is 14.4. The molecule has 0 unspecified atom stereocenters. The van der Waals surface area contributed by atoms with Crippen molar-refractivity contribution in [3.63, 3.8) is 0 Å². The van der Waals surface area contributed by atoms with Crippen molar-refractivity contribution in [2.75, 3.05) is 0 Å². The zero-order valence-electron chi connectivity index (χ0n) is 7.59. The summed E-state index contributed by atoms with van der Waals surface area (Å²) in [6, 6.07) is 4.21. The topological polar surface area (TPSA) is 17.1 Å². The average molecular weight is 188 g/mol. The van der Waals surface area contributed by atoms with Crippen LogP contribution in [0.2, 0.25) is 0 Å². The number of benzene rings is 1. The Morgan fingerprint density at radius 3 is 2.86 bits per heavy atom. The van der Waals surface area contributed by atoms with Crippen LogP contribution in [0.4, 0.5) is 4.39 Å². The zero-order chi connectivity index (χ0) is 9.97. The third-order valence-electron chi connectivity index (χ3n) is 2.11. The molecule has 2 heteroatoms. The second kappa shape index (κ2) is 3.63. The van der Waals surface area contributed by atoms with Gasteiger partial charge >= 0.3 is 0 Å². The van der Waals surface area contributed by atoms with Crippen LogP contribution in [0.1, 0.15) is 28.8 Å². The number of carbonyl (C=O) groups is 1. The lowest BCUT2D eigenvalue weighted by Gasteiger charge is -1.94. The van der Waals surface area contributed by atoms with Gasteiger partial charge in [-0.2, -0.15) is 0 Å². The van der Waals surface area contributed by atoms with Crippen molar-refractivity contribution < 1.29 is 9.18 Å². The van der Waals surface area contributed by atoms with Crippen LogP contribution >= 0.6 is 0 Å². The molecule has 1 nitrogen and oxygen atoms in total. The highest BCUT2D eigenvalue weighted by molar-refractivity contribution is 5.75. The van der Waals surface area contributed by atoms with Crippen LogP contribution in [0.5, 0.6) is 0 Å². The summed E-state index contributed by atoms with van der Waals surface area (Å²) in [7, 11) is 0. The largest absolute Gasteiger partial charge is 0.298 e. The van der Waals surface area contributed by atoms with Crippen LogP contribution in [0, 0.1) is 23.6 Å². The summed E-state index contributed by atoms with van der Waals surface area (Å²) in [5.41, 5.74) is 0.785. The fraction of sp³-hybridized carbons (Fsp3) is 0.250. The summed E-state index contributed by atoms with van der Waals surface area (Å²) < 4.78 is 13.2. The Kier molecular flexibility index (Phi) is 2.32. The minimum atomic E-state index is -0.358. The third-order valence-corrected chi connectivity index (χ3v) is 2.11. The Morgan fingerprint density at radius 1 is 1.43 bits per heavy atom. The van der Waals surface area contributed by atoms with Gasteiger partial charge in [0.1, 0.15) is 12.1 Å². The zero-order valence-corrected chi connectivity index (χ0v) is 7.59. The average Bonchev–Trinajstić information content (AvgIpc) is 3.00. The molecule has 70 valence electrons. The van der Waals surface area contributed by atoms with E-state index in [4.69, 9.17) is 0 Å². The van der Waals surface area contributed by atoms with E-state index in [0.29, 0.717) is 23.3 Å². The fourth-order valence-electron chi connectivity index (χ4n) is 1.12. The molecule has 1 aliphatic rings. The lowest BCUT2D eigenvalue weighted by Crippen LogP contribution is -1.87. The lowest BCUT2D eigenvalue weighted by atomic mass is 10.1. The Balaban J connectivity index is 2.31. The van der Waals surface area contributed by atoms with Crippen molar-refractivity contribution in [3.8, 4) is 11.8 Å². The molecule has 14 heavy (non-hydrogen) atoms. The van der Waals surface area contributed by atoms with Crippen molar-refractivity contribution in [1.29, 1.82) is 0 Å². The minimum absolute atomic E-state index is 0.321. The molecule has 0 saturated heterocycles. The quantitative estimate of drug-likeness (QED) is 0.488. The van der Waals surface area contributed by atoms with E-state index < -0.39 is 0 Å². The summed E-state index contributed by atoms with van der Waals surface area (Å²) in [4.78, 5) is 10.4. The first-order chi connectivity index (χ1) is 6.79. The van der Waals surface area contributed by atoms with Gasteiger partial charge in [0.25, 0.3) is 0 Å². The molecule has 0 atom stereocenters. The van der Waals surface area contributed by atoms with E-state index in [2.05, 4.69) is 11.8 Å². The van der Waals surface area contributed by atoms with Crippen molar-refractivity contribution in [2.45, 2.75) is 12.8 Å². The summed E-state index contributed by atoms with van der Waals surface area (Å²) in [6.07, 6.45) is 2.92. The van der Waals surface area contributed by atoms with Crippen LogP contribution in [-0.2, 0) is 0 Å². The predicted molar refractivity (Wildman–Crippen MR) is 51.4 cm³/mol. The van der Waals surface area contributed by atoms with Crippen LogP contribution in [0.15, 0.2) is 18.2 Å². The molecule has 1 saturated carbocycles. The monoisotopic (exact) mass is 188 g/mol. The van der Waals surface area contributed by atoms with Gasteiger partial charge in [0.2, 0.25) is 0 Å². The smallest absolute Gasteiger partial charge is 0.150 e. The fourth-order valence-corrected chi connectivity index (χ4v) is 1.12. The molecule has 0 spiro atoms. The highest BCUT2D eigenvalue weighted by Crippen LogP contribution is 2.27. The van der Waals surface area contributed by atoms with E-state index in [0.717, 1.165) is 12.8 Å². The number of carbonyl (C=O) groups excluding carboxylic acids is 1. The third kappa shape index (κ3) is 2.00. The van der Waals surface area contributed by atoms with E-state index in [1.54, 1.807) is 0 Å². The van der Waals surface area contributed by atoms with Gasteiger partial charge in [-0.05, 0) is 31.0 Å². The summed E-state index contributed by atoms with van der Waals surface area (Å²) >= 11 is 0. The van der Waals surface area contributed by atoms with Gasteiger partial charge in [-0.3, -0.25) is 4.79 Å². The summed E-state index contributed by atoms with van der Waals surface area (Å²) in [6.45, 7) is 0. The van der Waals surface area contributed by atoms with Gasteiger partial charge in [-0.25, -0.2) is 4.39 Å². The minimum Gasteiger partial charge on any atom is -0.298 e. The SMILES string of the molecule is O=Cc1ccc(F)c(C#CC2CC2)c1. The van der Waals surface area contributed by atoms with Gasteiger partial charge in [0, 0.05) is 11.5 Å². The first-order valence-corrected chi connectivity index (χ1v) is 4.56. The number of hydrogen-bond acceptors (Lipinski definition) is 1. The van der Waals surface area contributed by atoms with Crippen LogP contribution in [0.25, 0.3) is 0 Å². The highest BCUT2D eigenvalue weighted by Gasteiger charge is 2.17. The molecule has 1 aliphatic carbocycles. The number of halogens is 1. The van der Waals surface area contributed by atoms with Crippen molar-refractivity contribution in [3.05, 3.63) is 35.1 Å². The second-order valence-electron chi connectivity index (χ2n) is 3.40. The van der Waals surface area contributed by atoms with Crippen molar-refractivity contribution in [2.24, 2.45) is 5.92 Å². The Hall–Kier alpha value is -1.62. The van der Waals surface area contributed by atoms with Crippen molar-refractivity contribution in [1.82, 2.24) is 0 Å². The first-order valence-electron chi connectivity index (χ1n) is 4.56. The molecule has 0 radical (unpaired) electrons. The molecule has 0 bridgehead atoms. The summed E-state index contributed by atoms with van der Waals surface area (Å²) in [5, 5.41) is 0. The Bertz CT molecular complexity index is 422. The van der Waals surface area contributed by atoms with E-state index >= 15 is 0 Å². The van der Waals surface area contributed by atoms with Gasteiger partial charge in [-0.15, -0.1) is 0 Å². The van der Waals surface area contributed by atoms with E-state index in [1.807, 2.05) is 0 Å². The Labute approximate surface area is 81.9 Å². The standard InChI is InChI=1S/C12H9FO/c13-12-6-4-10(8-14)7-11(12)5-3-9-1-2-9/h4,6-9H,1-2H2. The first kappa shape index (κ1) is 8.96. The molecular formula is C12H9FO. The lowest BCUT2D eigenvalue weighted by molar-refractivity contribution is 0.112. The number of hydrogen-bond donors (Lipinski definition) is 0. The number of aldehydes is 1. The van der Waals surface area contributed by atoms with E-state index in [-0.39, 0.29) is 5.82 Å². The molecule has 1 aromatic rings. The molecule has 1 fully saturated rings. The number of rotatable bonds is 1. The molecule has 0 amide bonds. The maximum atomic E-state index is 13.2. The molecule has 2 rings (SSSR count). The van der Waals surface area contributed by atoms with E-state index in [9.17, 15) is 9.18 Å². The molecular weight excluding hydrogens is 179 g/mol. The molecule has 0 N–H and O–H groups in total. The van der Waals surface area contributed by atoms with Crippen LogP contribution in [0.3, 0.4) is 0 Å².